The minimum Gasteiger partial charge on any atom is -0.331 e. The number of fused-ring (bicyclic) bond motifs is 1. The van der Waals surface area contributed by atoms with E-state index in [0.29, 0.717) is 6.42 Å². The summed E-state index contributed by atoms with van der Waals surface area (Å²) in [6, 6.07) is 8.07. The lowest BCUT2D eigenvalue weighted by molar-refractivity contribution is 0.881. The summed E-state index contributed by atoms with van der Waals surface area (Å²) in [7, 11) is 1.98. The van der Waals surface area contributed by atoms with Crippen LogP contribution in [0.15, 0.2) is 18.2 Å². The molecule has 1 heterocycles. The molecule has 1 aromatic heterocycles. The maximum atomic E-state index is 8.70. The van der Waals surface area contributed by atoms with Crippen molar-refractivity contribution in [2.75, 3.05) is 0 Å². The van der Waals surface area contributed by atoms with E-state index >= 15 is 0 Å². The third-order valence-electron chi connectivity index (χ3n) is 2.47. The van der Waals surface area contributed by atoms with Gasteiger partial charge in [-0.05, 0) is 18.6 Å². The van der Waals surface area contributed by atoms with Gasteiger partial charge in [-0.3, -0.25) is 0 Å². The molecule has 0 radical (unpaired) electrons. The highest BCUT2D eigenvalue weighted by molar-refractivity contribution is 5.80. The number of nitriles is 1. The van der Waals surface area contributed by atoms with E-state index in [2.05, 4.69) is 11.1 Å². The maximum absolute atomic E-state index is 8.70. The summed E-state index contributed by atoms with van der Waals surface area (Å²) in [4.78, 5) is 4.41. The molecular weight excluding hydrogens is 174 g/mol. The van der Waals surface area contributed by atoms with Crippen molar-refractivity contribution < 1.29 is 0 Å². The molecule has 0 saturated carbocycles. The summed E-state index contributed by atoms with van der Waals surface area (Å²) < 4.78 is 2.03. The molecule has 0 spiro atoms. The molecule has 0 saturated heterocycles. The minimum atomic E-state index is 0.441. The van der Waals surface area contributed by atoms with Gasteiger partial charge in [-0.2, -0.15) is 5.26 Å². The van der Waals surface area contributed by atoms with Gasteiger partial charge in [0.05, 0.1) is 23.5 Å². The van der Waals surface area contributed by atoms with Crippen molar-refractivity contribution in [3.8, 4) is 6.07 Å². The molecule has 0 atom stereocenters. The number of imidazole rings is 1. The van der Waals surface area contributed by atoms with Crippen molar-refractivity contribution in [3.63, 3.8) is 0 Å². The summed E-state index contributed by atoms with van der Waals surface area (Å²) >= 11 is 0. The molecule has 0 amide bonds. The molecule has 1 aromatic carbocycles. The first kappa shape index (κ1) is 8.76. The fourth-order valence-corrected chi connectivity index (χ4v) is 1.69. The lowest BCUT2D eigenvalue weighted by Crippen LogP contribution is -1.94. The zero-order valence-electron chi connectivity index (χ0n) is 8.28. The smallest absolute Gasteiger partial charge is 0.106 e. The number of hydrogen-bond acceptors (Lipinski definition) is 2. The molecule has 0 aliphatic carbocycles. The SMILES string of the molecule is Cc1nc2cccc(CC#N)c2n1C. The first-order chi connectivity index (χ1) is 6.74. The van der Waals surface area contributed by atoms with Crippen LogP contribution in [0.4, 0.5) is 0 Å². The van der Waals surface area contributed by atoms with Gasteiger partial charge in [-0.25, -0.2) is 4.98 Å². The first-order valence-electron chi connectivity index (χ1n) is 4.52. The highest BCUT2D eigenvalue weighted by atomic mass is 15.0. The summed E-state index contributed by atoms with van der Waals surface area (Å²) in [5.41, 5.74) is 3.09. The molecule has 0 fully saturated rings. The van der Waals surface area contributed by atoms with Crippen LogP contribution in [0.25, 0.3) is 11.0 Å². The average molecular weight is 185 g/mol. The monoisotopic (exact) mass is 185 g/mol. The number of aryl methyl sites for hydroxylation is 2. The number of aromatic nitrogens is 2. The van der Waals surface area contributed by atoms with Crippen LogP contribution in [0, 0.1) is 18.3 Å². The average Bonchev–Trinajstić information content (AvgIpc) is 2.45. The van der Waals surface area contributed by atoms with Crippen LogP contribution in [0.5, 0.6) is 0 Å². The van der Waals surface area contributed by atoms with Crippen LogP contribution in [-0.4, -0.2) is 9.55 Å². The van der Waals surface area contributed by atoms with Crippen molar-refractivity contribution in [2.24, 2.45) is 7.05 Å². The predicted octanol–water partition coefficient (Wildman–Crippen LogP) is 1.95. The van der Waals surface area contributed by atoms with Crippen LogP contribution in [0.2, 0.25) is 0 Å². The number of nitrogens with zero attached hydrogens (tertiary/aromatic N) is 3. The highest BCUT2D eigenvalue weighted by Crippen LogP contribution is 2.19. The Labute approximate surface area is 82.6 Å². The largest absolute Gasteiger partial charge is 0.331 e. The molecule has 0 aliphatic rings. The second-order valence-electron chi connectivity index (χ2n) is 3.34. The molecule has 0 bridgehead atoms. The number of benzene rings is 1. The Bertz CT molecular complexity index is 517. The second kappa shape index (κ2) is 3.15. The summed E-state index contributed by atoms with van der Waals surface area (Å²) in [5.74, 6) is 0.977. The molecule has 0 unspecified atom stereocenters. The van der Waals surface area contributed by atoms with Gasteiger partial charge in [0.1, 0.15) is 5.82 Å². The van der Waals surface area contributed by atoms with E-state index in [1.54, 1.807) is 0 Å². The zero-order valence-corrected chi connectivity index (χ0v) is 8.28. The van der Waals surface area contributed by atoms with Crippen LogP contribution in [0.1, 0.15) is 11.4 Å². The molecule has 0 N–H and O–H groups in total. The maximum Gasteiger partial charge on any atom is 0.106 e. The topological polar surface area (TPSA) is 41.6 Å². The molecule has 2 aromatic rings. The molecule has 3 heteroatoms. The van der Waals surface area contributed by atoms with E-state index < -0.39 is 0 Å². The van der Waals surface area contributed by atoms with Gasteiger partial charge in [0.2, 0.25) is 0 Å². The summed E-state index contributed by atoms with van der Waals surface area (Å²) in [6.45, 7) is 1.97. The zero-order chi connectivity index (χ0) is 10.1. The Morgan fingerprint density at radius 3 is 3.00 bits per heavy atom. The van der Waals surface area contributed by atoms with Gasteiger partial charge < -0.3 is 4.57 Å². The molecule has 2 rings (SSSR count). The van der Waals surface area contributed by atoms with Crippen molar-refractivity contribution in [3.05, 3.63) is 29.6 Å². The second-order valence-corrected chi connectivity index (χ2v) is 3.34. The molecule has 3 nitrogen and oxygen atoms in total. The highest BCUT2D eigenvalue weighted by Gasteiger charge is 2.07. The molecule has 70 valence electrons. The van der Waals surface area contributed by atoms with Crippen LogP contribution in [-0.2, 0) is 13.5 Å². The lowest BCUT2D eigenvalue weighted by atomic mass is 10.1. The predicted molar refractivity (Wildman–Crippen MR) is 54.8 cm³/mol. The number of para-hydroxylation sites is 1. The Hall–Kier alpha value is -1.82. The number of hydrogen-bond donors (Lipinski definition) is 0. The van der Waals surface area contributed by atoms with Gasteiger partial charge in [0, 0.05) is 7.05 Å². The third kappa shape index (κ3) is 1.16. The van der Waals surface area contributed by atoms with Crippen molar-refractivity contribution in [1.29, 1.82) is 5.26 Å². The Kier molecular flexibility index (Phi) is 1.97. The number of rotatable bonds is 1. The van der Waals surface area contributed by atoms with Gasteiger partial charge in [0.25, 0.3) is 0 Å². The van der Waals surface area contributed by atoms with Gasteiger partial charge in [0.15, 0.2) is 0 Å². The van der Waals surface area contributed by atoms with E-state index in [0.717, 1.165) is 22.4 Å². The normalized spacial score (nSPS) is 10.4. The van der Waals surface area contributed by atoms with Crippen LogP contribution >= 0.6 is 0 Å². The van der Waals surface area contributed by atoms with Crippen molar-refractivity contribution in [1.82, 2.24) is 9.55 Å². The third-order valence-corrected chi connectivity index (χ3v) is 2.47. The summed E-state index contributed by atoms with van der Waals surface area (Å²) in [5, 5.41) is 8.70. The van der Waals surface area contributed by atoms with Gasteiger partial charge >= 0.3 is 0 Å². The summed E-state index contributed by atoms with van der Waals surface area (Å²) in [6.07, 6.45) is 0.441. The Balaban J connectivity index is 2.79. The van der Waals surface area contributed by atoms with Crippen LogP contribution in [0.3, 0.4) is 0 Å². The van der Waals surface area contributed by atoms with E-state index in [1.807, 2.05) is 36.7 Å². The fourth-order valence-electron chi connectivity index (χ4n) is 1.69. The molecule has 0 aliphatic heterocycles. The quantitative estimate of drug-likeness (QED) is 0.681. The van der Waals surface area contributed by atoms with Crippen LogP contribution < -0.4 is 0 Å². The van der Waals surface area contributed by atoms with E-state index in [-0.39, 0.29) is 0 Å². The van der Waals surface area contributed by atoms with Crippen molar-refractivity contribution in [2.45, 2.75) is 13.3 Å². The molecular formula is C11H11N3. The minimum absolute atomic E-state index is 0.441. The van der Waals surface area contributed by atoms with E-state index in [4.69, 9.17) is 5.26 Å². The van der Waals surface area contributed by atoms with E-state index in [9.17, 15) is 0 Å². The van der Waals surface area contributed by atoms with Crippen molar-refractivity contribution >= 4 is 11.0 Å². The van der Waals surface area contributed by atoms with E-state index in [1.165, 1.54) is 0 Å². The lowest BCUT2D eigenvalue weighted by Gasteiger charge is -2.01. The Morgan fingerprint density at radius 1 is 1.50 bits per heavy atom. The van der Waals surface area contributed by atoms with Gasteiger partial charge in [-0.1, -0.05) is 12.1 Å². The first-order valence-corrected chi connectivity index (χ1v) is 4.52. The fraction of sp³-hybridized carbons (Fsp3) is 0.273. The van der Waals surface area contributed by atoms with Gasteiger partial charge in [-0.15, -0.1) is 0 Å². The Morgan fingerprint density at radius 2 is 2.29 bits per heavy atom. The standard InChI is InChI=1S/C11H11N3/c1-8-13-10-5-3-4-9(6-7-12)11(10)14(8)2/h3-5H,6H2,1-2H3. The molecule has 14 heavy (non-hydrogen) atoms.